The molecule has 0 fully saturated rings. The van der Waals surface area contributed by atoms with Crippen LogP contribution in [0.2, 0.25) is 0 Å². The SMILES string of the molecule is CC(C)c1cccc(C(C)C)c1N1C=CN(c2c(C(C)C)cccc2C(C)C)B1C(=O)c1ccc(F)cc1. The van der Waals surface area contributed by atoms with Gasteiger partial charge in [-0.3, -0.25) is 0 Å². The fourth-order valence-electron chi connectivity index (χ4n) is 5.47. The van der Waals surface area contributed by atoms with Crippen LogP contribution in [0.4, 0.5) is 15.8 Å². The standard InChI is InChI=1S/C33H40BFN2O/c1-21(2)27-11-9-12-28(22(3)4)31(27)36-19-20-37(34(36)33(38)25-15-17-26(35)18-16-25)32-29(23(5)6)13-10-14-30(32)24(7)8/h9-24H,1-8H3. The summed E-state index contributed by atoms with van der Waals surface area (Å²) in [7, 11) is 0. The molecular formula is C33H40BFN2O. The van der Waals surface area contributed by atoms with Crippen LogP contribution in [-0.4, -0.2) is 12.7 Å². The molecule has 0 spiro atoms. The molecule has 0 N–H and O–H groups in total. The largest absolute Gasteiger partial charge is 0.464 e. The molecule has 0 saturated carbocycles. The van der Waals surface area contributed by atoms with Crippen molar-refractivity contribution < 1.29 is 9.18 Å². The van der Waals surface area contributed by atoms with Crippen LogP contribution >= 0.6 is 0 Å². The molecule has 0 bridgehead atoms. The van der Waals surface area contributed by atoms with Crippen LogP contribution in [0.25, 0.3) is 0 Å². The second kappa shape index (κ2) is 11.2. The molecule has 1 aliphatic rings. The van der Waals surface area contributed by atoms with Gasteiger partial charge >= 0.3 is 6.98 Å². The summed E-state index contributed by atoms with van der Waals surface area (Å²) >= 11 is 0. The maximum absolute atomic E-state index is 14.4. The van der Waals surface area contributed by atoms with Gasteiger partial charge in [-0.15, -0.1) is 0 Å². The number of nitrogens with zero attached hydrogens (tertiary/aromatic N) is 2. The zero-order valence-electron chi connectivity index (χ0n) is 24.0. The van der Waals surface area contributed by atoms with E-state index >= 15 is 0 Å². The van der Waals surface area contributed by atoms with Crippen molar-refractivity contribution in [3.63, 3.8) is 0 Å². The highest BCUT2D eigenvalue weighted by atomic mass is 19.1. The van der Waals surface area contributed by atoms with Crippen LogP contribution in [-0.2, 0) is 0 Å². The van der Waals surface area contributed by atoms with Crippen molar-refractivity contribution >= 4 is 24.0 Å². The van der Waals surface area contributed by atoms with Crippen LogP contribution in [0.3, 0.4) is 0 Å². The van der Waals surface area contributed by atoms with E-state index in [0.29, 0.717) is 5.56 Å². The number of halogens is 1. The monoisotopic (exact) mass is 510 g/mol. The molecular weight excluding hydrogens is 470 g/mol. The van der Waals surface area contributed by atoms with Crippen molar-refractivity contribution in [1.82, 2.24) is 0 Å². The third-order valence-electron chi connectivity index (χ3n) is 7.48. The Balaban J connectivity index is 1.98. The molecule has 0 atom stereocenters. The summed E-state index contributed by atoms with van der Waals surface area (Å²) in [6, 6.07) is 18.9. The van der Waals surface area contributed by atoms with Crippen molar-refractivity contribution in [1.29, 1.82) is 0 Å². The first-order valence-corrected chi connectivity index (χ1v) is 13.8. The highest BCUT2D eigenvalue weighted by Gasteiger charge is 2.44. The molecule has 0 radical (unpaired) electrons. The maximum atomic E-state index is 14.4. The first kappa shape index (κ1) is 27.7. The topological polar surface area (TPSA) is 23.6 Å². The van der Waals surface area contributed by atoms with Gasteiger partial charge in [-0.25, -0.2) is 4.39 Å². The number of para-hydroxylation sites is 2. The van der Waals surface area contributed by atoms with E-state index < -0.39 is 6.98 Å². The first-order valence-electron chi connectivity index (χ1n) is 13.8. The number of benzene rings is 3. The van der Waals surface area contributed by atoms with Gasteiger partial charge in [0, 0.05) is 29.3 Å². The van der Waals surface area contributed by atoms with Gasteiger partial charge in [0.2, 0.25) is 0 Å². The Hall–Kier alpha value is -3.34. The predicted molar refractivity (Wildman–Crippen MR) is 160 cm³/mol. The molecule has 5 heteroatoms. The number of hydrogen-bond acceptors (Lipinski definition) is 3. The Labute approximate surface area is 228 Å². The predicted octanol–water partition coefficient (Wildman–Crippen LogP) is 9.03. The average Bonchev–Trinajstić information content (AvgIpc) is 3.32. The lowest BCUT2D eigenvalue weighted by molar-refractivity contribution is 0.107. The van der Waals surface area contributed by atoms with Gasteiger partial charge in [0.25, 0.3) is 0 Å². The summed E-state index contributed by atoms with van der Waals surface area (Å²) < 4.78 is 13.8. The fourth-order valence-corrected chi connectivity index (χ4v) is 5.47. The highest BCUT2D eigenvalue weighted by Crippen LogP contribution is 2.42. The number of anilines is 2. The number of carbonyl (C=O) groups excluding carboxylic acids is 1. The molecule has 38 heavy (non-hydrogen) atoms. The zero-order valence-corrected chi connectivity index (χ0v) is 24.0. The third-order valence-corrected chi connectivity index (χ3v) is 7.48. The second-order valence-corrected chi connectivity index (χ2v) is 11.5. The van der Waals surface area contributed by atoms with Crippen molar-refractivity contribution in [2.45, 2.75) is 79.1 Å². The molecule has 1 aliphatic heterocycles. The molecule has 0 unspecified atom stereocenters. The van der Waals surface area contributed by atoms with Gasteiger partial charge in [-0.05, 0) is 70.2 Å². The van der Waals surface area contributed by atoms with Gasteiger partial charge < -0.3 is 14.4 Å². The molecule has 3 nitrogen and oxygen atoms in total. The van der Waals surface area contributed by atoms with Gasteiger partial charge in [0.05, 0.1) is 0 Å². The minimum atomic E-state index is -0.629. The van der Waals surface area contributed by atoms with Gasteiger partial charge in [-0.2, -0.15) is 0 Å². The molecule has 0 saturated heterocycles. The Bertz CT molecular complexity index is 1200. The van der Waals surface area contributed by atoms with E-state index in [4.69, 9.17) is 0 Å². The molecule has 1 heterocycles. The quantitative estimate of drug-likeness (QED) is 0.283. The summed E-state index contributed by atoms with van der Waals surface area (Å²) in [4.78, 5) is 18.7. The third kappa shape index (κ3) is 5.16. The highest BCUT2D eigenvalue weighted by molar-refractivity contribution is 6.98. The maximum Gasteiger partial charge on any atom is 0.464 e. The van der Waals surface area contributed by atoms with E-state index in [1.807, 2.05) is 0 Å². The Morgan fingerprint density at radius 2 is 0.947 bits per heavy atom. The summed E-state index contributed by atoms with van der Waals surface area (Å²) in [5.41, 5.74) is 7.45. The molecule has 0 aliphatic carbocycles. The number of carbonyl (C=O) groups is 1. The van der Waals surface area contributed by atoms with E-state index in [-0.39, 0.29) is 35.2 Å². The smallest absolute Gasteiger partial charge is 0.364 e. The summed E-state index contributed by atoms with van der Waals surface area (Å²) in [5.74, 6) is 0.770. The van der Waals surface area contributed by atoms with Crippen LogP contribution < -0.4 is 9.62 Å². The summed E-state index contributed by atoms with van der Waals surface area (Å²) in [6.45, 7) is 16.9. The van der Waals surface area contributed by atoms with E-state index in [1.165, 1.54) is 34.4 Å². The van der Waals surface area contributed by atoms with E-state index in [1.54, 1.807) is 12.1 Å². The molecule has 0 amide bonds. The Morgan fingerprint density at radius 3 is 1.26 bits per heavy atom. The van der Waals surface area contributed by atoms with E-state index in [9.17, 15) is 9.18 Å². The van der Waals surface area contributed by atoms with Crippen molar-refractivity contribution in [3.8, 4) is 0 Å². The number of rotatable bonds is 8. The first-order chi connectivity index (χ1) is 18.0. The zero-order chi connectivity index (χ0) is 27.7. The second-order valence-electron chi connectivity index (χ2n) is 11.5. The van der Waals surface area contributed by atoms with Gasteiger partial charge in [-0.1, -0.05) is 91.8 Å². The van der Waals surface area contributed by atoms with E-state index in [2.05, 4.69) is 114 Å². The Kier molecular flexibility index (Phi) is 8.15. The molecule has 3 aromatic rings. The number of hydrogen-bond donors (Lipinski definition) is 0. The normalized spacial score (nSPS) is 13.7. The van der Waals surface area contributed by atoms with Crippen LogP contribution in [0, 0.1) is 5.82 Å². The molecule has 3 aromatic carbocycles. The lowest BCUT2D eigenvalue weighted by Crippen LogP contribution is -2.52. The molecule has 0 aromatic heterocycles. The van der Waals surface area contributed by atoms with Crippen LogP contribution in [0.1, 0.15) is 112 Å². The van der Waals surface area contributed by atoms with Crippen molar-refractivity contribution in [3.05, 3.63) is 107 Å². The summed E-state index contributed by atoms with van der Waals surface area (Å²) in [5, 5.41) is 0. The minimum Gasteiger partial charge on any atom is -0.364 e. The lowest BCUT2D eigenvalue weighted by Gasteiger charge is -2.35. The van der Waals surface area contributed by atoms with Crippen LogP contribution in [0.15, 0.2) is 73.1 Å². The van der Waals surface area contributed by atoms with Gasteiger partial charge in [0.1, 0.15) is 5.82 Å². The average molecular weight is 511 g/mol. The minimum absolute atomic E-state index is 0.0588. The molecule has 198 valence electrons. The lowest BCUT2D eigenvalue weighted by atomic mass is 9.63. The Morgan fingerprint density at radius 1 is 0.605 bits per heavy atom. The van der Waals surface area contributed by atoms with Gasteiger partial charge in [0.15, 0.2) is 5.68 Å². The van der Waals surface area contributed by atoms with Crippen molar-refractivity contribution in [2.24, 2.45) is 0 Å². The van der Waals surface area contributed by atoms with Crippen LogP contribution in [0.5, 0.6) is 0 Å². The fraction of sp³-hybridized carbons (Fsp3) is 0.364. The summed E-state index contributed by atoms with van der Waals surface area (Å²) in [6.07, 6.45) is 4.11. The van der Waals surface area contributed by atoms with Crippen molar-refractivity contribution in [2.75, 3.05) is 9.62 Å². The molecule has 4 rings (SSSR count). The van der Waals surface area contributed by atoms with E-state index in [0.717, 1.165) is 11.4 Å².